The lowest BCUT2D eigenvalue weighted by Crippen LogP contribution is -2.48. The van der Waals surface area contributed by atoms with Gasteiger partial charge in [-0.05, 0) is 13.8 Å². The Bertz CT molecular complexity index is 692. The minimum Gasteiger partial charge on any atom is -0.394 e. The van der Waals surface area contributed by atoms with Gasteiger partial charge in [0.2, 0.25) is 0 Å². The topological polar surface area (TPSA) is 97.6 Å². The fourth-order valence-electron chi connectivity index (χ4n) is 2.99. The summed E-state index contributed by atoms with van der Waals surface area (Å²) in [5.41, 5.74) is 1.43. The van der Waals surface area contributed by atoms with Crippen LogP contribution in [0.2, 0.25) is 0 Å². The highest BCUT2D eigenvalue weighted by Gasteiger charge is 2.29. The van der Waals surface area contributed by atoms with Gasteiger partial charge in [0.05, 0.1) is 25.6 Å². The molecule has 0 aromatic carbocycles. The molecule has 1 fully saturated rings. The van der Waals surface area contributed by atoms with Gasteiger partial charge in [-0.3, -0.25) is 9.47 Å². The van der Waals surface area contributed by atoms with Crippen molar-refractivity contribution < 1.29 is 14.6 Å². The quantitative estimate of drug-likeness (QED) is 0.744. The molecule has 0 saturated carbocycles. The Balaban J connectivity index is 1.87. The molecule has 9 nitrogen and oxygen atoms in total. The number of aliphatic hydroxyl groups excluding tert-OH is 1. The van der Waals surface area contributed by atoms with Gasteiger partial charge in [-0.2, -0.15) is 0 Å². The normalized spacial score (nSPS) is 22.0. The average molecular weight is 350 g/mol. The van der Waals surface area contributed by atoms with Crippen LogP contribution in [-0.2, 0) is 9.47 Å². The molecular weight excluding hydrogens is 324 g/mol. The number of aliphatic hydroxyl groups is 1. The molecule has 3 heterocycles. The molecule has 2 atom stereocenters. The zero-order valence-corrected chi connectivity index (χ0v) is 14.9. The summed E-state index contributed by atoms with van der Waals surface area (Å²) < 4.78 is 13.1. The maximum Gasteiger partial charge on any atom is 0.167 e. The molecule has 25 heavy (non-hydrogen) atoms. The summed E-state index contributed by atoms with van der Waals surface area (Å²) in [6.45, 7) is 6.86. The summed E-state index contributed by atoms with van der Waals surface area (Å²) in [6, 6.07) is 0.248. The zero-order chi connectivity index (χ0) is 17.8. The number of nitrogens with zero attached hydrogens (tertiary/aromatic N) is 5. The summed E-state index contributed by atoms with van der Waals surface area (Å²) in [6.07, 6.45) is 2.74. The van der Waals surface area contributed by atoms with Gasteiger partial charge >= 0.3 is 0 Å². The first-order valence-electron chi connectivity index (χ1n) is 8.54. The van der Waals surface area contributed by atoms with Crippen LogP contribution >= 0.6 is 0 Å². The van der Waals surface area contributed by atoms with Crippen LogP contribution in [0.15, 0.2) is 12.7 Å². The monoisotopic (exact) mass is 350 g/mol. The van der Waals surface area contributed by atoms with Gasteiger partial charge in [0.15, 0.2) is 17.0 Å². The molecule has 0 bridgehead atoms. The van der Waals surface area contributed by atoms with E-state index in [1.165, 1.54) is 6.33 Å². The van der Waals surface area contributed by atoms with Crippen LogP contribution in [0.5, 0.6) is 0 Å². The predicted octanol–water partition coefficient (Wildman–Crippen LogP) is 0.485. The highest BCUT2D eigenvalue weighted by Crippen LogP contribution is 2.25. The van der Waals surface area contributed by atoms with Crippen LogP contribution in [-0.4, -0.2) is 81.6 Å². The second-order valence-corrected chi connectivity index (χ2v) is 6.49. The standard InChI is InChI=1S/C16H26N6O3/c1-11(2)20-15-14-16(18-9-17-15)22(10-19-14)13-7-21(4-5-24-3)6-12(8-23)25-13/h9-13,23H,4-8H2,1-3H3,(H,17,18,20)/t12-,13+/m0/s1. The largest absolute Gasteiger partial charge is 0.394 e. The molecule has 1 saturated heterocycles. The molecule has 1 aliphatic heterocycles. The highest BCUT2D eigenvalue weighted by atomic mass is 16.5. The number of hydrogen-bond donors (Lipinski definition) is 2. The Morgan fingerprint density at radius 3 is 2.92 bits per heavy atom. The van der Waals surface area contributed by atoms with Gasteiger partial charge in [0, 0.05) is 32.8 Å². The van der Waals surface area contributed by atoms with Crippen LogP contribution in [0, 0.1) is 0 Å². The third-order valence-electron chi connectivity index (χ3n) is 4.14. The molecule has 0 radical (unpaired) electrons. The summed E-state index contributed by atoms with van der Waals surface area (Å²) in [7, 11) is 1.69. The molecule has 0 aliphatic carbocycles. The number of ether oxygens (including phenoxy) is 2. The first kappa shape index (κ1) is 18.0. The van der Waals surface area contributed by atoms with E-state index >= 15 is 0 Å². The van der Waals surface area contributed by atoms with E-state index in [-0.39, 0.29) is 25.0 Å². The van der Waals surface area contributed by atoms with Gasteiger partial charge in [-0.15, -0.1) is 0 Å². The molecule has 2 N–H and O–H groups in total. The lowest BCUT2D eigenvalue weighted by Gasteiger charge is -2.37. The van der Waals surface area contributed by atoms with Gasteiger partial charge in [-0.1, -0.05) is 0 Å². The van der Waals surface area contributed by atoms with Crippen LogP contribution in [0.1, 0.15) is 20.1 Å². The lowest BCUT2D eigenvalue weighted by molar-refractivity contribution is -0.135. The van der Waals surface area contributed by atoms with Gasteiger partial charge in [-0.25, -0.2) is 15.0 Å². The van der Waals surface area contributed by atoms with Crippen molar-refractivity contribution in [1.29, 1.82) is 0 Å². The van der Waals surface area contributed by atoms with E-state index < -0.39 is 0 Å². The summed E-state index contributed by atoms with van der Waals surface area (Å²) in [5, 5.41) is 12.8. The number of fused-ring (bicyclic) bond motifs is 1. The second kappa shape index (κ2) is 8.05. The number of methoxy groups -OCH3 is 1. The molecule has 0 spiro atoms. The van der Waals surface area contributed by atoms with Crippen molar-refractivity contribution in [3.05, 3.63) is 12.7 Å². The molecule has 9 heteroatoms. The van der Waals surface area contributed by atoms with E-state index in [1.54, 1.807) is 13.4 Å². The van der Waals surface area contributed by atoms with Crippen LogP contribution in [0.4, 0.5) is 5.82 Å². The van der Waals surface area contributed by atoms with Crippen LogP contribution in [0.25, 0.3) is 11.2 Å². The van der Waals surface area contributed by atoms with Crippen molar-refractivity contribution in [3.8, 4) is 0 Å². The Morgan fingerprint density at radius 1 is 1.36 bits per heavy atom. The van der Waals surface area contributed by atoms with Crippen LogP contribution in [0.3, 0.4) is 0 Å². The van der Waals surface area contributed by atoms with Crippen molar-refractivity contribution in [2.45, 2.75) is 32.2 Å². The van der Waals surface area contributed by atoms with E-state index in [1.807, 2.05) is 4.57 Å². The number of nitrogens with one attached hydrogen (secondary N) is 1. The molecule has 138 valence electrons. The van der Waals surface area contributed by atoms with E-state index in [2.05, 4.69) is 39.0 Å². The SMILES string of the molecule is COCCN1C[C@@H](CO)O[C@@H](n2cnc3c(NC(C)C)ncnc32)C1. The first-order valence-corrected chi connectivity index (χ1v) is 8.54. The summed E-state index contributed by atoms with van der Waals surface area (Å²) >= 11 is 0. The Kier molecular flexibility index (Phi) is 5.79. The van der Waals surface area contributed by atoms with Crippen LogP contribution < -0.4 is 5.32 Å². The van der Waals surface area contributed by atoms with Crippen molar-refractivity contribution >= 4 is 17.0 Å². The lowest BCUT2D eigenvalue weighted by atomic mass is 10.2. The van der Waals surface area contributed by atoms with Gasteiger partial charge < -0.3 is 19.9 Å². The van der Waals surface area contributed by atoms with E-state index in [4.69, 9.17) is 9.47 Å². The first-order chi connectivity index (χ1) is 12.1. The predicted molar refractivity (Wildman–Crippen MR) is 93.4 cm³/mol. The molecule has 0 unspecified atom stereocenters. The second-order valence-electron chi connectivity index (χ2n) is 6.49. The molecular formula is C16H26N6O3. The molecule has 0 amide bonds. The van der Waals surface area contributed by atoms with E-state index in [0.29, 0.717) is 31.2 Å². The van der Waals surface area contributed by atoms with Gasteiger partial charge in [0.25, 0.3) is 0 Å². The van der Waals surface area contributed by atoms with Crippen molar-refractivity contribution in [3.63, 3.8) is 0 Å². The van der Waals surface area contributed by atoms with Crippen molar-refractivity contribution in [1.82, 2.24) is 24.4 Å². The Hall–Kier alpha value is -1.81. The van der Waals surface area contributed by atoms with Gasteiger partial charge in [0.1, 0.15) is 12.6 Å². The van der Waals surface area contributed by atoms with Crippen molar-refractivity contribution in [2.24, 2.45) is 0 Å². The minimum atomic E-state index is -0.269. The smallest absolute Gasteiger partial charge is 0.167 e. The maximum atomic E-state index is 9.56. The fraction of sp³-hybridized carbons (Fsp3) is 0.688. The molecule has 2 aromatic heterocycles. The van der Waals surface area contributed by atoms with E-state index in [9.17, 15) is 5.11 Å². The number of imidazole rings is 1. The Morgan fingerprint density at radius 2 is 2.20 bits per heavy atom. The summed E-state index contributed by atoms with van der Waals surface area (Å²) in [4.78, 5) is 15.4. The molecule has 2 aromatic rings. The number of hydrogen-bond acceptors (Lipinski definition) is 8. The zero-order valence-electron chi connectivity index (χ0n) is 14.9. The third-order valence-corrected chi connectivity index (χ3v) is 4.14. The Labute approximate surface area is 147 Å². The number of rotatable bonds is 7. The summed E-state index contributed by atoms with van der Waals surface area (Å²) in [5.74, 6) is 0.713. The number of morpholine rings is 1. The average Bonchev–Trinajstić information content (AvgIpc) is 3.04. The molecule has 1 aliphatic rings. The fourth-order valence-corrected chi connectivity index (χ4v) is 2.99. The maximum absolute atomic E-state index is 9.56. The third kappa shape index (κ3) is 4.06. The highest BCUT2D eigenvalue weighted by molar-refractivity contribution is 5.82. The number of aromatic nitrogens is 4. The van der Waals surface area contributed by atoms with Crippen molar-refractivity contribution in [2.75, 3.05) is 45.3 Å². The number of anilines is 1. The minimum absolute atomic E-state index is 0.0260. The van der Waals surface area contributed by atoms with E-state index in [0.717, 1.165) is 12.1 Å². The molecule has 3 rings (SSSR count).